The van der Waals surface area contributed by atoms with Crippen molar-refractivity contribution in [2.24, 2.45) is 0 Å². The van der Waals surface area contributed by atoms with E-state index in [-0.39, 0.29) is 24.3 Å². The summed E-state index contributed by atoms with van der Waals surface area (Å²) in [6, 6.07) is 3.59. The molecule has 0 saturated carbocycles. The van der Waals surface area contributed by atoms with E-state index in [0.29, 0.717) is 0 Å². The molecule has 9 nitrogen and oxygen atoms in total. The van der Waals surface area contributed by atoms with Gasteiger partial charge in [0.05, 0.1) is 4.92 Å². The minimum absolute atomic E-state index is 0.0848. The number of piperazine rings is 1. The van der Waals surface area contributed by atoms with Gasteiger partial charge in [0.15, 0.2) is 0 Å². The van der Waals surface area contributed by atoms with E-state index in [1.807, 2.05) is 0 Å². The molecule has 2 N–H and O–H groups in total. The van der Waals surface area contributed by atoms with Crippen molar-refractivity contribution in [1.29, 1.82) is 0 Å². The van der Waals surface area contributed by atoms with Crippen molar-refractivity contribution in [3.8, 4) is 0 Å². The summed E-state index contributed by atoms with van der Waals surface area (Å²) < 4.78 is 0. The first-order chi connectivity index (χ1) is 9.90. The molecule has 1 atom stereocenters. The maximum atomic E-state index is 12.3. The van der Waals surface area contributed by atoms with Crippen molar-refractivity contribution in [3.63, 3.8) is 0 Å². The van der Waals surface area contributed by atoms with Crippen LogP contribution in [0.5, 0.6) is 0 Å². The number of amides is 2. The van der Waals surface area contributed by atoms with Crippen molar-refractivity contribution in [2.75, 3.05) is 13.1 Å². The Kier molecular flexibility index (Phi) is 3.83. The van der Waals surface area contributed by atoms with Crippen molar-refractivity contribution >= 4 is 23.5 Å². The van der Waals surface area contributed by atoms with Gasteiger partial charge in [0.25, 0.3) is 11.6 Å². The van der Waals surface area contributed by atoms with Crippen molar-refractivity contribution < 1.29 is 24.4 Å². The summed E-state index contributed by atoms with van der Waals surface area (Å²) in [5.41, 5.74) is -0.0979. The van der Waals surface area contributed by atoms with Gasteiger partial charge in [-0.3, -0.25) is 19.7 Å². The van der Waals surface area contributed by atoms with Crippen LogP contribution in [0.1, 0.15) is 10.4 Å². The van der Waals surface area contributed by atoms with Crippen LogP contribution in [0.3, 0.4) is 0 Å². The smallest absolute Gasteiger partial charge is 0.328 e. The lowest BCUT2D eigenvalue weighted by Crippen LogP contribution is -2.59. The predicted octanol–water partition coefficient (Wildman–Crippen LogP) is -0.380. The molecule has 0 radical (unpaired) electrons. The van der Waals surface area contributed by atoms with Crippen LogP contribution in [0.15, 0.2) is 24.3 Å². The maximum absolute atomic E-state index is 12.3. The second kappa shape index (κ2) is 5.57. The van der Waals surface area contributed by atoms with Gasteiger partial charge in [0.2, 0.25) is 5.91 Å². The number of non-ortho nitro benzene ring substituents is 1. The number of carboxylic acid groups (broad SMARTS) is 1. The summed E-state index contributed by atoms with van der Waals surface area (Å²) in [5, 5.41) is 22.0. The SMILES string of the molecule is O=C1CN(C(=O)c2ccc([N+](=O)[O-])cc2)C(C(=O)O)CN1. The maximum Gasteiger partial charge on any atom is 0.328 e. The molecule has 1 heterocycles. The molecular formula is C12H11N3O6. The molecule has 0 spiro atoms. The average molecular weight is 293 g/mol. The van der Waals surface area contributed by atoms with Crippen LogP contribution < -0.4 is 5.32 Å². The number of nitrogens with one attached hydrogen (secondary N) is 1. The first-order valence-corrected chi connectivity index (χ1v) is 5.95. The molecule has 0 aliphatic carbocycles. The monoisotopic (exact) mass is 293 g/mol. The quantitative estimate of drug-likeness (QED) is 0.577. The van der Waals surface area contributed by atoms with Crippen LogP contribution in [0.4, 0.5) is 5.69 Å². The minimum atomic E-state index is -1.23. The number of rotatable bonds is 3. The second-order valence-electron chi connectivity index (χ2n) is 4.40. The zero-order valence-corrected chi connectivity index (χ0v) is 10.7. The Bertz CT molecular complexity index is 612. The summed E-state index contributed by atoms with van der Waals surface area (Å²) >= 11 is 0. The van der Waals surface area contributed by atoms with Gasteiger partial charge in [-0.2, -0.15) is 0 Å². The average Bonchev–Trinajstić information content (AvgIpc) is 2.46. The zero-order chi connectivity index (χ0) is 15.6. The molecule has 1 saturated heterocycles. The fourth-order valence-corrected chi connectivity index (χ4v) is 1.97. The van der Waals surface area contributed by atoms with E-state index in [4.69, 9.17) is 5.11 Å². The highest BCUT2D eigenvalue weighted by Crippen LogP contribution is 2.16. The lowest BCUT2D eigenvalue weighted by molar-refractivity contribution is -0.384. The van der Waals surface area contributed by atoms with Crippen molar-refractivity contribution in [1.82, 2.24) is 10.2 Å². The molecule has 0 aromatic heterocycles. The summed E-state index contributed by atoms with van der Waals surface area (Å²) in [6.07, 6.45) is 0. The number of carbonyl (C=O) groups is 3. The molecule has 1 aromatic rings. The number of nitrogens with zero attached hydrogens (tertiary/aromatic N) is 2. The Morgan fingerprint density at radius 1 is 1.33 bits per heavy atom. The molecule has 21 heavy (non-hydrogen) atoms. The molecule has 2 amide bonds. The Hall–Kier alpha value is -2.97. The molecule has 1 unspecified atom stereocenters. The number of carboxylic acids is 1. The Morgan fingerprint density at radius 3 is 2.48 bits per heavy atom. The topological polar surface area (TPSA) is 130 Å². The molecule has 2 rings (SSSR count). The van der Waals surface area contributed by atoms with Gasteiger partial charge in [0, 0.05) is 24.2 Å². The Balaban J connectivity index is 2.25. The number of benzene rings is 1. The van der Waals surface area contributed by atoms with Crippen LogP contribution in [0.2, 0.25) is 0 Å². The van der Waals surface area contributed by atoms with Crippen LogP contribution in [-0.4, -0.2) is 51.8 Å². The lowest BCUT2D eigenvalue weighted by Gasteiger charge is -2.32. The van der Waals surface area contributed by atoms with Crippen LogP contribution in [0, 0.1) is 10.1 Å². The number of nitro groups is 1. The van der Waals surface area contributed by atoms with Gasteiger partial charge in [-0.05, 0) is 12.1 Å². The fraction of sp³-hybridized carbons (Fsp3) is 0.250. The van der Waals surface area contributed by atoms with E-state index in [1.165, 1.54) is 12.1 Å². The summed E-state index contributed by atoms with van der Waals surface area (Å²) in [6.45, 7) is -0.542. The lowest BCUT2D eigenvalue weighted by atomic mass is 10.1. The normalized spacial score (nSPS) is 18.0. The fourth-order valence-electron chi connectivity index (χ4n) is 1.97. The number of carbonyl (C=O) groups excluding carboxylic acids is 2. The van der Waals surface area contributed by atoms with Gasteiger partial charge in [0.1, 0.15) is 12.6 Å². The molecule has 1 aliphatic heterocycles. The first kappa shape index (κ1) is 14.4. The number of nitro benzene ring substituents is 1. The molecule has 9 heteroatoms. The van der Waals surface area contributed by atoms with E-state index in [2.05, 4.69) is 5.32 Å². The third-order valence-electron chi connectivity index (χ3n) is 3.05. The Morgan fingerprint density at radius 2 is 1.95 bits per heavy atom. The van der Waals surface area contributed by atoms with Crippen LogP contribution in [0.25, 0.3) is 0 Å². The molecule has 110 valence electrons. The van der Waals surface area contributed by atoms with Crippen molar-refractivity contribution in [2.45, 2.75) is 6.04 Å². The van der Waals surface area contributed by atoms with Crippen LogP contribution in [-0.2, 0) is 9.59 Å². The molecule has 0 bridgehead atoms. The standard InChI is InChI=1S/C12H11N3O6/c16-10-6-14(9(5-13-10)12(18)19)11(17)7-1-3-8(4-2-7)15(20)21/h1-4,9H,5-6H2,(H,13,16)(H,18,19). The molecule has 1 aliphatic rings. The third-order valence-corrected chi connectivity index (χ3v) is 3.05. The summed E-state index contributed by atoms with van der Waals surface area (Å²) in [7, 11) is 0. The third kappa shape index (κ3) is 2.96. The second-order valence-corrected chi connectivity index (χ2v) is 4.40. The minimum Gasteiger partial charge on any atom is -0.480 e. The van der Waals surface area contributed by atoms with Crippen LogP contribution >= 0.6 is 0 Å². The zero-order valence-electron chi connectivity index (χ0n) is 10.7. The van der Waals surface area contributed by atoms with Gasteiger partial charge in [-0.25, -0.2) is 4.79 Å². The van der Waals surface area contributed by atoms with Gasteiger partial charge >= 0.3 is 5.97 Å². The Labute approximate surface area is 118 Å². The van der Waals surface area contributed by atoms with E-state index in [9.17, 15) is 24.5 Å². The van der Waals surface area contributed by atoms with E-state index >= 15 is 0 Å². The summed E-state index contributed by atoms with van der Waals surface area (Å²) in [5.74, 6) is -2.35. The number of hydrogen-bond donors (Lipinski definition) is 2. The predicted molar refractivity (Wildman–Crippen MR) is 68.6 cm³/mol. The van der Waals surface area contributed by atoms with E-state index in [0.717, 1.165) is 17.0 Å². The highest BCUT2D eigenvalue weighted by atomic mass is 16.6. The first-order valence-electron chi connectivity index (χ1n) is 5.95. The molecule has 1 fully saturated rings. The van der Waals surface area contributed by atoms with Gasteiger partial charge in [-0.1, -0.05) is 0 Å². The largest absolute Gasteiger partial charge is 0.480 e. The van der Waals surface area contributed by atoms with Gasteiger partial charge in [-0.15, -0.1) is 0 Å². The highest BCUT2D eigenvalue weighted by Gasteiger charge is 2.35. The highest BCUT2D eigenvalue weighted by molar-refractivity contribution is 6.00. The summed E-state index contributed by atoms with van der Waals surface area (Å²) in [4.78, 5) is 45.6. The van der Waals surface area contributed by atoms with E-state index in [1.54, 1.807) is 0 Å². The number of hydrogen-bond acceptors (Lipinski definition) is 5. The van der Waals surface area contributed by atoms with Gasteiger partial charge < -0.3 is 15.3 Å². The number of aliphatic carboxylic acids is 1. The molecular weight excluding hydrogens is 282 g/mol. The molecule has 1 aromatic carbocycles. The van der Waals surface area contributed by atoms with E-state index < -0.39 is 28.7 Å². The van der Waals surface area contributed by atoms with Crippen molar-refractivity contribution in [3.05, 3.63) is 39.9 Å².